The van der Waals surface area contributed by atoms with Crippen LogP contribution < -0.4 is 10.6 Å². The Balaban J connectivity index is 1.39. The van der Waals surface area contributed by atoms with Crippen LogP contribution in [0.1, 0.15) is 32.3 Å². The summed E-state index contributed by atoms with van der Waals surface area (Å²) in [6, 6.07) is 10.6. The van der Waals surface area contributed by atoms with Crippen molar-refractivity contribution in [3.05, 3.63) is 76.9 Å². The molecule has 0 aliphatic heterocycles. The van der Waals surface area contributed by atoms with Gasteiger partial charge in [-0.15, -0.1) is 11.3 Å². The first kappa shape index (κ1) is 21.7. The van der Waals surface area contributed by atoms with Crippen LogP contribution >= 0.6 is 23.1 Å². The standard InChI is InChI=1S/C22H19N5O3S2/c1-13-17(11-24-20(29)18-12-32-22(27-18)31-2)26-21(30-13)14-5-7-16(8-6-14)25-19(28)15-4-3-9-23-10-15/h3-10,12H,11H2,1-2H3,(H,24,29)(H,25,28). The molecule has 4 aromatic rings. The van der Waals surface area contributed by atoms with Crippen molar-refractivity contribution < 1.29 is 14.0 Å². The zero-order chi connectivity index (χ0) is 22.5. The summed E-state index contributed by atoms with van der Waals surface area (Å²) in [5.74, 6) is 0.576. The van der Waals surface area contributed by atoms with Crippen molar-refractivity contribution in [3.8, 4) is 11.5 Å². The fourth-order valence-corrected chi connectivity index (χ4v) is 4.06. The summed E-state index contributed by atoms with van der Waals surface area (Å²) in [6.45, 7) is 2.04. The zero-order valence-corrected chi connectivity index (χ0v) is 18.9. The first-order chi connectivity index (χ1) is 15.5. The molecule has 32 heavy (non-hydrogen) atoms. The van der Waals surface area contributed by atoms with E-state index in [0.29, 0.717) is 34.3 Å². The van der Waals surface area contributed by atoms with Crippen LogP contribution in [0.5, 0.6) is 0 Å². The summed E-state index contributed by atoms with van der Waals surface area (Å²) in [4.78, 5) is 37.2. The fraction of sp³-hybridized carbons (Fsp3) is 0.136. The van der Waals surface area contributed by atoms with Gasteiger partial charge in [0.15, 0.2) is 0 Å². The topological polar surface area (TPSA) is 110 Å². The van der Waals surface area contributed by atoms with Crippen LogP contribution in [0.25, 0.3) is 11.5 Å². The number of amides is 2. The van der Waals surface area contributed by atoms with Crippen LogP contribution in [0.3, 0.4) is 0 Å². The number of pyridine rings is 1. The maximum atomic E-state index is 12.3. The van der Waals surface area contributed by atoms with Crippen molar-refractivity contribution in [2.45, 2.75) is 17.8 Å². The lowest BCUT2D eigenvalue weighted by Crippen LogP contribution is -2.23. The number of benzene rings is 1. The molecule has 4 rings (SSSR count). The summed E-state index contributed by atoms with van der Waals surface area (Å²) in [5, 5.41) is 7.38. The van der Waals surface area contributed by atoms with Crippen LogP contribution in [-0.4, -0.2) is 33.0 Å². The largest absolute Gasteiger partial charge is 0.441 e. The zero-order valence-electron chi connectivity index (χ0n) is 17.3. The summed E-state index contributed by atoms with van der Waals surface area (Å²) in [6.07, 6.45) is 5.04. The maximum absolute atomic E-state index is 12.3. The maximum Gasteiger partial charge on any atom is 0.271 e. The Morgan fingerprint density at radius 1 is 1.12 bits per heavy atom. The first-order valence-electron chi connectivity index (χ1n) is 9.59. The number of hydrogen-bond acceptors (Lipinski definition) is 8. The molecule has 0 bridgehead atoms. The Bertz CT molecular complexity index is 1240. The Kier molecular flexibility index (Phi) is 6.62. The molecule has 8 nitrogen and oxygen atoms in total. The van der Waals surface area contributed by atoms with Gasteiger partial charge in [0.05, 0.1) is 12.1 Å². The van der Waals surface area contributed by atoms with E-state index in [1.54, 1.807) is 42.8 Å². The van der Waals surface area contributed by atoms with Gasteiger partial charge in [-0.05, 0) is 49.6 Å². The highest BCUT2D eigenvalue weighted by atomic mass is 32.2. The van der Waals surface area contributed by atoms with E-state index in [0.717, 1.165) is 9.90 Å². The number of nitrogens with one attached hydrogen (secondary N) is 2. The van der Waals surface area contributed by atoms with E-state index in [4.69, 9.17) is 4.42 Å². The number of aryl methyl sites for hydroxylation is 1. The van der Waals surface area contributed by atoms with Crippen LogP contribution in [0.2, 0.25) is 0 Å². The number of thioether (sulfide) groups is 1. The highest BCUT2D eigenvalue weighted by Crippen LogP contribution is 2.24. The molecule has 2 amide bonds. The SMILES string of the molecule is CSc1nc(C(=O)NCc2nc(-c3ccc(NC(=O)c4cccnc4)cc3)oc2C)cs1. The van der Waals surface area contributed by atoms with Gasteiger partial charge >= 0.3 is 0 Å². The van der Waals surface area contributed by atoms with Crippen LogP contribution in [0, 0.1) is 6.92 Å². The number of nitrogens with zero attached hydrogens (tertiary/aromatic N) is 3. The lowest BCUT2D eigenvalue weighted by molar-refractivity contribution is 0.0945. The second-order valence-electron chi connectivity index (χ2n) is 6.68. The van der Waals surface area contributed by atoms with Gasteiger partial charge in [0.25, 0.3) is 11.8 Å². The van der Waals surface area contributed by atoms with Gasteiger partial charge in [0.2, 0.25) is 5.89 Å². The predicted molar refractivity (Wildman–Crippen MR) is 124 cm³/mol. The highest BCUT2D eigenvalue weighted by Gasteiger charge is 2.15. The van der Waals surface area contributed by atoms with Crippen molar-refractivity contribution >= 4 is 40.6 Å². The summed E-state index contributed by atoms with van der Waals surface area (Å²) in [5.41, 5.74) is 2.92. The van der Waals surface area contributed by atoms with Gasteiger partial charge in [-0.1, -0.05) is 11.8 Å². The first-order valence-corrected chi connectivity index (χ1v) is 11.7. The lowest BCUT2D eigenvalue weighted by Gasteiger charge is -2.05. The summed E-state index contributed by atoms with van der Waals surface area (Å²) in [7, 11) is 0. The molecule has 162 valence electrons. The minimum atomic E-state index is -0.251. The van der Waals surface area contributed by atoms with Gasteiger partial charge in [0, 0.05) is 29.0 Å². The minimum absolute atomic E-state index is 0.236. The Hall–Kier alpha value is -3.50. The second-order valence-corrected chi connectivity index (χ2v) is 8.59. The molecule has 0 unspecified atom stereocenters. The Morgan fingerprint density at radius 2 is 1.94 bits per heavy atom. The second kappa shape index (κ2) is 9.75. The van der Waals surface area contributed by atoms with Gasteiger partial charge < -0.3 is 15.1 Å². The Morgan fingerprint density at radius 3 is 2.62 bits per heavy atom. The third kappa shape index (κ3) is 5.04. The van der Waals surface area contributed by atoms with E-state index < -0.39 is 0 Å². The van der Waals surface area contributed by atoms with Crippen molar-refractivity contribution in [2.24, 2.45) is 0 Å². The van der Waals surface area contributed by atoms with Gasteiger partial charge in [-0.2, -0.15) is 0 Å². The summed E-state index contributed by atoms with van der Waals surface area (Å²) >= 11 is 2.94. The van der Waals surface area contributed by atoms with Crippen molar-refractivity contribution in [1.82, 2.24) is 20.3 Å². The minimum Gasteiger partial charge on any atom is -0.441 e. The lowest BCUT2D eigenvalue weighted by atomic mass is 10.2. The van der Waals surface area contributed by atoms with Crippen LogP contribution in [0.15, 0.2) is 62.9 Å². The van der Waals surface area contributed by atoms with Crippen LogP contribution in [-0.2, 0) is 6.54 Å². The molecular formula is C22H19N5O3S2. The van der Waals surface area contributed by atoms with Gasteiger partial charge in [-0.25, -0.2) is 9.97 Å². The average molecular weight is 466 g/mol. The molecule has 0 fully saturated rings. The molecule has 0 aliphatic carbocycles. The number of thiazole rings is 1. The van der Waals surface area contributed by atoms with Gasteiger partial charge in [0.1, 0.15) is 21.5 Å². The molecule has 0 atom stereocenters. The monoisotopic (exact) mass is 465 g/mol. The summed E-state index contributed by atoms with van der Waals surface area (Å²) < 4.78 is 6.62. The number of rotatable bonds is 7. The molecule has 1 aromatic carbocycles. The normalized spacial score (nSPS) is 10.7. The number of anilines is 1. The fourth-order valence-electron chi connectivity index (χ4n) is 2.82. The molecule has 3 heterocycles. The van der Waals surface area contributed by atoms with E-state index in [9.17, 15) is 9.59 Å². The van der Waals surface area contributed by atoms with Crippen molar-refractivity contribution in [1.29, 1.82) is 0 Å². The number of aromatic nitrogens is 3. The number of oxazole rings is 1. The molecule has 0 aliphatic rings. The number of carbonyl (C=O) groups excluding carboxylic acids is 2. The molecular weight excluding hydrogens is 446 g/mol. The number of carbonyl (C=O) groups is 2. The van der Waals surface area contributed by atoms with Crippen LogP contribution in [0.4, 0.5) is 5.69 Å². The van der Waals surface area contributed by atoms with E-state index in [-0.39, 0.29) is 18.4 Å². The molecule has 0 saturated carbocycles. The van der Waals surface area contributed by atoms with Gasteiger partial charge in [-0.3, -0.25) is 14.6 Å². The number of hydrogen-bond donors (Lipinski definition) is 2. The molecule has 2 N–H and O–H groups in total. The molecule has 10 heteroatoms. The quantitative estimate of drug-likeness (QED) is 0.389. The average Bonchev–Trinajstić information content (AvgIpc) is 3.45. The smallest absolute Gasteiger partial charge is 0.271 e. The molecule has 0 spiro atoms. The van der Waals surface area contributed by atoms with Crippen molar-refractivity contribution in [3.63, 3.8) is 0 Å². The highest BCUT2D eigenvalue weighted by molar-refractivity contribution is 8.00. The van der Waals surface area contributed by atoms with E-state index in [2.05, 4.69) is 25.6 Å². The van der Waals surface area contributed by atoms with E-state index in [1.165, 1.54) is 29.3 Å². The Labute approximate surface area is 192 Å². The molecule has 3 aromatic heterocycles. The third-order valence-electron chi connectivity index (χ3n) is 4.51. The molecule has 0 radical (unpaired) electrons. The van der Waals surface area contributed by atoms with E-state index >= 15 is 0 Å². The predicted octanol–water partition coefficient (Wildman–Crippen LogP) is 4.41. The third-order valence-corrected chi connectivity index (χ3v) is 6.38. The van der Waals surface area contributed by atoms with E-state index in [1.807, 2.05) is 18.4 Å². The van der Waals surface area contributed by atoms with Crippen molar-refractivity contribution in [2.75, 3.05) is 11.6 Å². The molecule has 0 saturated heterocycles.